The Morgan fingerprint density at radius 1 is 0.662 bits per heavy atom. The smallest absolute Gasteiger partial charge is 0.333 e. The Hall–Kier alpha value is -7.89. The number of benzene rings is 5. The molecule has 0 spiro atoms. The molecule has 5 aromatic rings. The second kappa shape index (κ2) is 22.1. The van der Waals surface area contributed by atoms with Crippen LogP contribution < -0.4 is 28.9 Å². The highest BCUT2D eigenvalue weighted by Crippen LogP contribution is 2.42. The Labute approximate surface area is 429 Å². The maximum Gasteiger partial charge on any atom is 0.333 e. The van der Waals surface area contributed by atoms with Gasteiger partial charge in [-0.2, -0.15) is 0 Å². The van der Waals surface area contributed by atoms with Gasteiger partial charge in [-0.25, -0.2) is 4.79 Å². The molecule has 0 aromatic heterocycles. The number of hydroxylamine groups is 2. The van der Waals surface area contributed by atoms with Crippen LogP contribution in [0.25, 0.3) is 0 Å². The van der Waals surface area contributed by atoms with Gasteiger partial charge >= 0.3 is 5.97 Å². The van der Waals surface area contributed by atoms with E-state index in [0.717, 1.165) is 51.3 Å². The van der Waals surface area contributed by atoms with Gasteiger partial charge in [-0.15, -0.1) is 5.06 Å². The molecule has 0 saturated carbocycles. The number of fused-ring (bicyclic) bond motifs is 8. The van der Waals surface area contributed by atoms with E-state index in [2.05, 4.69) is 4.90 Å². The lowest BCUT2D eigenvalue weighted by Gasteiger charge is -2.26. The summed E-state index contributed by atoms with van der Waals surface area (Å²) in [5.74, 6) is -0.720. The molecule has 5 aliphatic rings. The predicted molar refractivity (Wildman–Crippen MR) is 278 cm³/mol. The van der Waals surface area contributed by atoms with Gasteiger partial charge in [0.1, 0.15) is 19.0 Å². The van der Waals surface area contributed by atoms with Crippen LogP contribution in [0.3, 0.4) is 0 Å². The number of amides is 4. The van der Waals surface area contributed by atoms with Crippen molar-refractivity contribution in [3.05, 3.63) is 130 Å². The molecule has 0 radical (unpaired) electrons. The third-order valence-electron chi connectivity index (χ3n) is 13.7. The van der Waals surface area contributed by atoms with Crippen LogP contribution in [0.1, 0.15) is 87.6 Å². The van der Waals surface area contributed by atoms with Gasteiger partial charge in [0.25, 0.3) is 23.6 Å². The lowest BCUT2D eigenvalue weighted by atomic mass is 10.1. The average Bonchev–Trinajstić information content (AvgIpc) is 4.04. The number of aryl methyl sites for hydroxylation is 1. The molecule has 1 fully saturated rings. The number of para-hydroxylation sites is 2. The molecule has 17 nitrogen and oxygen atoms in total. The van der Waals surface area contributed by atoms with E-state index in [1.165, 1.54) is 7.11 Å². The highest BCUT2D eigenvalue weighted by atomic mass is 16.7. The van der Waals surface area contributed by atoms with Crippen molar-refractivity contribution in [1.29, 1.82) is 0 Å². The zero-order valence-corrected chi connectivity index (χ0v) is 41.8. The summed E-state index contributed by atoms with van der Waals surface area (Å²) >= 11 is 0. The fraction of sp³-hybridized carbons (Fsp3) is 0.351. The van der Waals surface area contributed by atoms with Crippen LogP contribution >= 0.6 is 0 Å². The molecule has 4 amide bonds. The number of hydrogen-bond acceptors (Lipinski definition) is 14. The Morgan fingerprint density at radius 3 is 1.84 bits per heavy atom. The second-order valence-electron chi connectivity index (χ2n) is 18.8. The van der Waals surface area contributed by atoms with E-state index in [-0.39, 0.29) is 56.4 Å². The lowest BCUT2D eigenvalue weighted by molar-refractivity contribution is -0.197. The maximum absolute atomic E-state index is 14.2. The standard InChI is InChI=1S/C57H58N6O11/c1-4-19-70-21-22-71-20-18-60(17-9-14-55(66)74-63-53(64)15-16-54(63)65)41-25-37(34-72-50-30-46-44(23-36(50)2)56(67)61-42(32-58-46)27-39-10-5-7-12-48(39)61)24-38(26-41)35-73-52-31-47-45(29-51(52)69-3)57(68)62-43(33-59-47)28-40-11-6-8-13-49(40)62/h5-8,10-13,23-26,29-33,42-43H,4,9,14-22,27-28,34-35H2,1-3H3/t42-,43-/m0/s1. The van der Waals surface area contributed by atoms with Crippen LogP contribution in [0.2, 0.25) is 0 Å². The monoisotopic (exact) mass is 1000 g/mol. The summed E-state index contributed by atoms with van der Waals surface area (Å²) in [7, 11) is 1.53. The number of rotatable bonds is 21. The van der Waals surface area contributed by atoms with Gasteiger partial charge in [-0.3, -0.25) is 39.0 Å². The Bertz CT molecular complexity index is 3050. The number of carbonyl (C=O) groups excluding carboxylic acids is 5. The van der Waals surface area contributed by atoms with Crippen molar-refractivity contribution >= 4 is 70.5 Å². The van der Waals surface area contributed by atoms with Gasteiger partial charge in [-0.1, -0.05) is 43.3 Å². The van der Waals surface area contributed by atoms with Crippen molar-refractivity contribution < 1.29 is 52.5 Å². The second-order valence-corrected chi connectivity index (χ2v) is 18.8. The van der Waals surface area contributed by atoms with Crippen LogP contribution in [0.15, 0.2) is 101 Å². The lowest BCUT2D eigenvalue weighted by Crippen LogP contribution is -2.37. The van der Waals surface area contributed by atoms with E-state index in [0.29, 0.717) is 104 Å². The Morgan fingerprint density at radius 2 is 1.23 bits per heavy atom. The topological polar surface area (TPSA) is 178 Å². The summed E-state index contributed by atoms with van der Waals surface area (Å²) in [6.45, 7) is 6.81. The molecule has 382 valence electrons. The molecule has 74 heavy (non-hydrogen) atoms. The minimum Gasteiger partial charge on any atom is -0.493 e. The normalized spacial score (nSPS) is 17.0. The number of aliphatic imine (C=N–C) groups is 2. The number of hydrogen-bond donors (Lipinski definition) is 0. The van der Waals surface area contributed by atoms with E-state index < -0.39 is 17.8 Å². The first-order chi connectivity index (χ1) is 36.1. The molecule has 2 atom stereocenters. The van der Waals surface area contributed by atoms with E-state index >= 15 is 0 Å². The third-order valence-corrected chi connectivity index (χ3v) is 13.7. The summed E-state index contributed by atoms with van der Waals surface area (Å²) in [5.41, 5.74) is 8.97. The Balaban J connectivity index is 0.921. The van der Waals surface area contributed by atoms with Gasteiger partial charge in [0.2, 0.25) is 0 Å². The molecule has 5 aliphatic heterocycles. The van der Waals surface area contributed by atoms with E-state index in [4.69, 9.17) is 38.5 Å². The van der Waals surface area contributed by atoms with Gasteiger partial charge in [-0.05, 0) is 90.0 Å². The molecular weight excluding hydrogens is 945 g/mol. The quantitative estimate of drug-likeness (QED) is 0.0508. The highest BCUT2D eigenvalue weighted by molar-refractivity contribution is 6.16. The van der Waals surface area contributed by atoms with Crippen molar-refractivity contribution in [3.8, 4) is 17.2 Å². The van der Waals surface area contributed by atoms with Gasteiger partial charge < -0.3 is 33.4 Å². The van der Waals surface area contributed by atoms with Crippen molar-refractivity contribution in [2.75, 3.05) is 61.3 Å². The summed E-state index contributed by atoms with van der Waals surface area (Å²) in [5, 5.41) is 0.563. The minimum atomic E-state index is -0.688. The van der Waals surface area contributed by atoms with Gasteiger partial charge in [0, 0.05) is 93.4 Å². The first kappa shape index (κ1) is 49.7. The predicted octanol–water partition coefficient (Wildman–Crippen LogP) is 8.37. The van der Waals surface area contributed by atoms with Crippen molar-refractivity contribution in [2.24, 2.45) is 9.98 Å². The van der Waals surface area contributed by atoms with Crippen molar-refractivity contribution in [1.82, 2.24) is 5.06 Å². The number of carbonyl (C=O) groups is 5. The van der Waals surface area contributed by atoms with Gasteiger partial charge in [0.15, 0.2) is 11.5 Å². The molecule has 0 aliphatic carbocycles. The molecule has 5 aromatic carbocycles. The zero-order chi connectivity index (χ0) is 51.3. The largest absolute Gasteiger partial charge is 0.493 e. The molecule has 0 bridgehead atoms. The number of anilines is 3. The minimum absolute atomic E-state index is 0.00517. The highest BCUT2D eigenvalue weighted by Gasteiger charge is 2.38. The zero-order valence-electron chi connectivity index (χ0n) is 41.8. The fourth-order valence-electron chi connectivity index (χ4n) is 10.0. The van der Waals surface area contributed by atoms with E-state index in [1.54, 1.807) is 17.0 Å². The molecule has 0 unspecified atom stereocenters. The Kier molecular flexibility index (Phi) is 14.8. The molecule has 5 heterocycles. The van der Waals surface area contributed by atoms with Crippen molar-refractivity contribution in [2.45, 2.75) is 84.1 Å². The van der Waals surface area contributed by atoms with Crippen LogP contribution in [-0.4, -0.2) is 106 Å². The van der Waals surface area contributed by atoms with E-state index in [9.17, 15) is 24.0 Å². The number of ether oxygens (including phenoxy) is 5. The third kappa shape index (κ3) is 10.5. The molecule has 0 N–H and O–H groups in total. The van der Waals surface area contributed by atoms with Crippen LogP contribution in [0, 0.1) is 6.92 Å². The van der Waals surface area contributed by atoms with Crippen LogP contribution in [0.4, 0.5) is 28.4 Å². The average molecular weight is 1000 g/mol. The maximum atomic E-state index is 14.2. The summed E-state index contributed by atoms with van der Waals surface area (Å²) in [6, 6.07) is 28.5. The molecule has 17 heteroatoms. The van der Waals surface area contributed by atoms with Crippen molar-refractivity contribution in [3.63, 3.8) is 0 Å². The fourth-order valence-corrected chi connectivity index (χ4v) is 10.0. The number of methoxy groups -OCH3 is 1. The van der Waals surface area contributed by atoms with Gasteiger partial charge in [0.05, 0.1) is 61.5 Å². The summed E-state index contributed by atoms with van der Waals surface area (Å²) in [6.07, 6.45) is 6.19. The SMILES string of the molecule is CCCOCCOCCN(CCCC(=O)ON1C(=O)CCC1=O)c1cc(COc2cc3c(cc2C)C(=O)N2c4ccccc4C[C@H]2C=N3)cc(COc2cc3c(cc2OC)C(=O)N2c4ccccc4C[C@H]2C=N3)c1. The number of nitrogens with zero attached hydrogens (tertiary/aromatic N) is 6. The first-order valence-electron chi connectivity index (χ1n) is 25.2. The molecule has 10 rings (SSSR count). The molecule has 1 saturated heterocycles. The summed E-state index contributed by atoms with van der Waals surface area (Å²) < 4.78 is 30.6. The van der Waals surface area contributed by atoms with E-state index in [1.807, 2.05) is 110 Å². The summed E-state index contributed by atoms with van der Waals surface area (Å²) in [4.78, 5) is 86.1. The molecular formula is C57H58N6O11. The van der Waals surface area contributed by atoms with Crippen LogP contribution in [-0.2, 0) is 54.8 Å². The van der Waals surface area contributed by atoms with Crippen LogP contribution in [0.5, 0.6) is 17.2 Å². The number of imide groups is 1. The first-order valence-corrected chi connectivity index (χ1v) is 25.2.